The number of aryl methyl sites for hydroxylation is 1. The van der Waals surface area contributed by atoms with Crippen LogP contribution in [0.3, 0.4) is 0 Å². The zero-order valence-electron chi connectivity index (χ0n) is 13.1. The van der Waals surface area contributed by atoms with Crippen molar-refractivity contribution in [2.75, 3.05) is 11.1 Å². The number of thiazole rings is 1. The quantitative estimate of drug-likeness (QED) is 0.635. The highest BCUT2D eigenvalue weighted by Crippen LogP contribution is 2.31. The number of nitrogens with one attached hydrogen (secondary N) is 1. The van der Waals surface area contributed by atoms with E-state index in [2.05, 4.69) is 17.2 Å². The minimum absolute atomic E-state index is 0.0763. The van der Waals surface area contributed by atoms with Gasteiger partial charge in [0.15, 0.2) is 4.34 Å². The fraction of sp³-hybridized carbons (Fsp3) is 0.222. The lowest BCUT2D eigenvalue weighted by Crippen LogP contribution is -2.13. The van der Waals surface area contributed by atoms with Crippen molar-refractivity contribution in [3.63, 3.8) is 0 Å². The number of hydrogen-bond acceptors (Lipinski definition) is 4. The minimum Gasteiger partial charge on any atom is -0.322 e. The molecule has 3 aromatic rings. The van der Waals surface area contributed by atoms with E-state index in [-0.39, 0.29) is 5.91 Å². The van der Waals surface area contributed by atoms with E-state index < -0.39 is 0 Å². The predicted octanol–water partition coefficient (Wildman–Crippen LogP) is 5.36. The number of aromatic nitrogens is 1. The summed E-state index contributed by atoms with van der Waals surface area (Å²) >= 11 is 3.46. The Bertz CT molecular complexity index is 842. The van der Waals surface area contributed by atoms with Crippen molar-refractivity contribution in [1.82, 2.24) is 4.98 Å². The highest BCUT2D eigenvalue weighted by Gasteiger charge is 2.10. The van der Waals surface area contributed by atoms with Crippen molar-refractivity contribution in [2.45, 2.75) is 24.6 Å². The molecule has 0 radical (unpaired) electrons. The summed E-state index contributed by atoms with van der Waals surface area (Å²) in [7, 11) is 0. The molecule has 0 atom stereocenters. The molecule has 0 spiro atoms. The first-order chi connectivity index (χ1) is 11.2. The Morgan fingerprint density at radius 3 is 2.87 bits per heavy atom. The minimum atomic E-state index is -0.0763. The third-order valence-corrected chi connectivity index (χ3v) is 5.81. The lowest BCUT2D eigenvalue weighted by molar-refractivity contribution is 0.102. The zero-order valence-corrected chi connectivity index (χ0v) is 14.8. The summed E-state index contributed by atoms with van der Waals surface area (Å²) in [5, 5.41) is 2.98. The van der Waals surface area contributed by atoms with Crippen LogP contribution in [-0.4, -0.2) is 16.6 Å². The van der Waals surface area contributed by atoms with Gasteiger partial charge in [-0.25, -0.2) is 4.98 Å². The maximum Gasteiger partial charge on any atom is 0.255 e. The Hall–Kier alpha value is -1.85. The molecule has 3 nitrogen and oxygen atoms in total. The molecule has 0 saturated carbocycles. The number of anilines is 1. The van der Waals surface area contributed by atoms with Gasteiger partial charge < -0.3 is 5.32 Å². The Morgan fingerprint density at radius 2 is 2.09 bits per heavy atom. The summed E-state index contributed by atoms with van der Waals surface area (Å²) in [6, 6.07) is 13.5. The summed E-state index contributed by atoms with van der Waals surface area (Å²) in [5.41, 5.74) is 3.47. The van der Waals surface area contributed by atoms with Gasteiger partial charge in [-0.05, 0) is 43.2 Å². The fourth-order valence-corrected chi connectivity index (χ4v) is 4.29. The normalized spacial score (nSPS) is 10.9. The number of amides is 1. The third kappa shape index (κ3) is 3.74. The molecule has 1 amide bonds. The monoisotopic (exact) mass is 342 g/mol. The van der Waals surface area contributed by atoms with E-state index in [4.69, 9.17) is 0 Å². The number of fused-ring (bicyclic) bond motifs is 1. The molecule has 0 aliphatic rings. The standard InChI is InChI=1S/C18H18N2OS2/c1-3-10-22-18-20-15-9-8-13(11-16(15)23-18)19-17(21)14-7-5-4-6-12(14)2/h4-9,11H,3,10H2,1-2H3,(H,19,21). The topological polar surface area (TPSA) is 42.0 Å². The number of carbonyl (C=O) groups is 1. The van der Waals surface area contributed by atoms with Crippen LogP contribution in [0.5, 0.6) is 0 Å². The van der Waals surface area contributed by atoms with Crippen LogP contribution < -0.4 is 5.32 Å². The molecular formula is C18H18N2OS2. The first-order valence-electron chi connectivity index (χ1n) is 7.57. The molecule has 0 saturated heterocycles. The number of rotatable bonds is 5. The predicted molar refractivity (Wildman–Crippen MR) is 99.8 cm³/mol. The molecule has 0 bridgehead atoms. The lowest BCUT2D eigenvalue weighted by Gasteiger charge is -2.07. The van der Waals surface area contributed by atoms with E-state index in [9.17, 15) is 4.79 Å². The summed E-state index contributed by atoms with van der Waals surface area (Å²) < 4.78 is 2.19. The van der Waals surface area contributed by atoms with Gasteiger partial charge in [-0.1, -0.05) is 36.9 Å². The highest BCUT2D eigenvalue weighted by molar-refractivity contribution is 8.01. The van der Waals surface area contributed by atoms with Crippen LogP contribution in [0.25, 0.3) is 10.2 Å². The van der Waals surface area contributed by atoms with Crippen molar-refractivity contribution < 1.29 is 4.79 Å². The van der Waals surface area contributed by atoms with E-state index >= 15 is 0 Å². The summed E-state index contributed by atoms with van der Waals surface area (Å²) in [4.78, 5) is 17.0. The second-order valence-electron chi connectivity index (χ2n) is 5.28. The van der Waals surface area contributed by atoms with Crippen molar-refractivity contribution in [2.24, 2.45) is 0 Å². The molecule has 0 fully saturated rings. The van der Waals surface area contributed by atoms with Crippen molar-refractivity contribution >= 4 is 44.9 Å². The van der Waals surface area contributed by atoms with Gasteiger partial charge in [0.05, 0.1) is 10.2 Å². The molecule has 23 heavy (non-hydrogen) atoms. The van der Waals surface area contributed by atoms with E-state index in [1.165, 1.54) is 0 Å². The van der Waals surface area contributed by atoms with Crippen molar-refractivity contribution in [1.29, 1.82) is 0 Å². The first kappa shape index (κ1) is 16.0. The number of carbonyl (C=O) groups excluding carboxylic acids is 1. The second kappa shape index (κ2) is 7.15. The average molecular weight is 342 g/mol. The second-order valence-corrected chi connectivity index (χ2v) is 7.65. The van der Waals surface area contributed by atoms with Gasteiger partial charge in [0.1, 0.15) is 0 Å². The lowest BCUT2D eigenvalue weighted by atomic mass is 10.1. The fourth-order valence-electron chi connectivity index (χ4n) is 2.26. The SMILES string of the molecule is CCCSc1nc2ccc(NC(=O)c3ccccc3C)cc2s1. The van der Waals surface area contributed by atoms with Gasteiger partial charge in [0.25, 0.3) is 5.91 Å². The molecule has 2 aromatic carbocycles. The van der Waals surface area contributed by atoms with Crippen LogP contribution in [0.4, 0.5) is 5.69 Å². The number of hydrogen-bond donors (Lipinski definition) is 1. The largest absolute Gasteiger partial charge is 0.322 e. The molecule has 118 valence electrons. The van der Waals surface area contributed by atoms with Gasteiger partial charge in [-0.2, -0.15) is 0 Å². The highest BCUT2D eigenvalue weighted by atomic mass is 32.2. The molecule has 5 heteroatoms. The van der Waals surface area contributed by atoms with Gasteiger partial charge in [-0.3, -0.25) is 4.79 Å². The molecule has 1 N–H and O–H groups in total. The van der Waals surface area contributed by atoms with Gasteiger partial charge >= 0.3 is 0 Å². The molecule has 0 unspecified atom stereocenters. The number of nitrogens with zero attached hydrogens (tertiary/aromatic N) is 1. The van der Waals surface area contributed by atoms with E-state index in [1.54, 1.807) is 23.1 Å². The van der Waals surface area contributed by atoms with Crippen LogP contribution in [0.15, 0.2) is 46.8 Å². The van der Waals surface area contributed by atoms with Crippen LogP contribution in [0.1, 0.15) is 29.3 Å². The smallest absolute Gasteiger partial charge is 0.255 e. The van der Waals surface area contributed by atoms with E-state index in [0.29, 0.717) is 5.56 Å². The van der Waals surface area contributed by atoms with Crippen molar-refractivity contribution in [3.05, 3.63) is 53.6 Å². The Morgan fingerprint density at radius 1 is 1.26 bits per heavy atom. The van der Waals surface area contributed by atoms with E-state index in [1.807, 2.05) is 49.4 Å². The first-order valence-corrected chi connectivity index (χ1v) is 9.38. The molecule has 3 rings (SSSR count). The van der Waals surface area contributed by atoms with Crippen molar-refractivity contribution in [3.8, 4) is 0 Å². The Kier molecular flexibility index (Phi) is 4.98. The van der Waals surface area contributed by atoms with Gasteiger partial charge in [0.2, 0.25) is 0 Å². The molecule has 1 aromatic heterocycles. The third-order valence-electron chi connectivity index (χ3n) is 3.45. The maximum atomic E-state index is 12.4. The average Bonchev–Trinajstić information content (AvgIpc) is 2.95. The van der Waals surface area contributed by atoms with Gasteiger partial charge in [-0.15, -0.1) is 11.3 Å². The maximum absolute atomic E-state index is 12.4. The number of thioether (sulfide) groups is 1. The zero-order chi connectivity index (χ0) is 16.2. The summed E-state index contributed by atoms with van der Waals surface area (Å²) in [5.74, 6) is 1.00. The summed E-state index contributed by atoms with van der Waals surface area (Å²) in [6.07, 6.45) is 1.14. The van der Waals surface area contributed by atoms with Crippen LogP contribution in [-0.2, 0) is 0 Å². The number of benzene rings is 2. The Labute approximate surface area is 144 Å². The molecule has 0 aliphatic carbocycles. The Balaban J connectivity index is 1.80. The van der Waals surface area contributed by atoms with Crippen LogP contribution in [0.2, 0.25) is 0 Å². The van der Waals surface area contributed by atoms with Crippen LogP contribution in [0, 0.1) is 6.92 Å². The van der Waals surface area contributed by atoms with Crippen LogP contribution >= 0.6 is 23.1 Å². The molecule has 0 aliphatic heterocycles. The summed E-state index contributed by atoms with van der Waals surface area (Å²) in [6.45, 7) is 4.11. The molecule has 1 heterocycles. The molecular weight excluding hydrogens is 324 g/mol. The van der Waals surface area contributed by atoms with Gasteiger partial charge in [0, 0.05) is 17.0 Å². The van der Waals surface area contributed by atoms with E-state index in [0.717, 1.165) is 38.0 Å².